The molecule has 0 saturated heterocycles. The number of hydrogen-bond acceptors (Lipinski definition) is 2. The van der Waals surface area contributed by atoms with Crippen molar-refractivity contribution in [2.75, 3.05) is 6.61 Å². The molecule has 0 N–H and O–H groups in total. The standard InChI is InChI=1S/C26H28O2/c1-22(27)14-6-5-13-21-28-26(23-15-7-2-8-16-23,24-17-9-3-10-18-24)25-19-11-4-12-20-25/h2-4,7-12,15-20H,5-6,13-14,21H2,1H3. The molecule has 0 saturated carbocycles. The lowest BCUT2D eigenvalue weighted by atomic mass is 9.80. The fraction of sp³-hybridized carbons (Fsp3) is 0.269. The van der Waals surface area contributed by atoms with Gasteiger partial charge >= 0.3 is 0 Å². The smallest absolute Gasteiger partial charge is 0.143 e. The average Bonchev–Trinajstić information content (AvgIpc) is 2.75. The first kappa shape index (κ1) is 20.0. The number of benzene rings is 3. The molecule has 2 heteroatoms. The van der Waals surface area contributed by atoms with Gasteiger partial charge in [0, 0.05) is 13.0 Å². The number of ketones is 1. The van der Waals surface area contributed by atoms with Crippen LogP contribution in [0, 0.1) is 0 Å². The molecule has 3 rings (SSSR count). The van der Waals surface area contributed by atoms with Gasteiger partial charge in [-0.05, 0) is 36.5 Å². The minimum atomic E-state index is -0.648. The average molecular weight is 373 g/mol. The number of Topliss-reactive ketones (excluding diaryl/α,β-unsaturated/α-hetero) is 1. The lowest BCUT2D eigenvalue weighted by molar-refractivity contribution is -0.117. The van der Waals surface area contributed by atoms with Gasteiger partial charge in [0.1, 0.15) is 11.4 Å². The largest absolute Gasteiger partial charge is 0.361 e. The Bertz CT molecular complexity index is 745. The van der Waals surface area contributed by atoms with E-state index in [-0.39, 0.29) is 5.78 Å². The van der Waals surface area contributed by atoms with E-state index in [1.165, 1.54) is 0 Å². The number of ether oxygens (including phenoxy) is 1. The maximum atomic E-state index is 11.2. The number of carbonyl (C=O) groups excluding carboxylic acids is 1. The van der Waals surface area contributed by atoms with Crippen LogP contribution in [0.1, 0.15) is 49.3 Å². The molecule has 3 aromatic rings. The number of carbonyl (C=O) groups is 1. The van der Waals surface area contributed by atoms with Gasteiger partial charge in [0.15, 0.2) is 0 Å². The van der Waals surface area contributed by atoms with Crippen LogP contribution in [0.3, 0.4) is 0 Å². The van der Waals surface area contributed by atoms with E-state index in [0.29, 0.717) is 13.0 Å². The molecule has 0 unspecified atom stereocenters. The van der Waals surface area contributed by atoms with Crippen LogP contribution in [-0.4, -0.2) is 12.4 Å². The molecule has 0 bridgehead atoms. The Kier molecular flexibility index (Phi) is 7.16. The van der Waals surface area contributed by atoms with E-state index in [9.17, 15) is 4.79 Å². The second-order valence-corrected chi connectivity index (χ2v) is 7.14. The topological polar surface area (TPSA) is 26.3 Å². The van der Waals surface area contributed by atoms with E-state index >= 15 is 0 Å². The quantitative estimate of drug-likeness (QED) is 0.315. The molecular weight excluding hydrogens is 344 g/mol. The van der Waals surface area contributed by atoms with Gasteiger partial charge in [-0.1, -0.05) is 97.4 Å². The Hall–Kier alpha value is -2.71. The highest BCUT2D eigenvalue weighted by molar-refractivity contribution is 5.75. The first-order chi connectivity index (χ1) is 13.7. The van der Waals surface area contributed by atoms with Crippen LogP contribution in [0.25, 0.3) is 0 Å². The Labute approximate surface area is 168 Å². The second kappa shape index (κ2) is 10.0. The summed E-state index contributed by atoms with van der Waals surface area (Å²) >= 11 is 0. The van der Waals surface area contributed by atoms with Gasteiger partial charge in [-0.2, -0.15) is 0 Å². The van der Waals surface area contributed by atoms with Crippen molar-refractivity contribution in [1.82, 2.24) is 0 Å². The molecule has 144 valence electrons. The molecule has 0 aliphatic heterocycles. The monoisotopic (exact) mass is 372 g/mol. The predicted molar refractivity (Wildman–Crippen MR) is 114 cm³/mol. The summed E-state index contributed by atoms with van der Waals surface area (Å²) < 4.78 is 6.71. The summed E-state index contributed by atoms with van der Waals surface area (Å²) in [5, 5.41) is 0. The zero-order valence-electron chi connectivity index (χ0n) is 16.5. The second-order valence-electron chi connectivity index (χ2n) is 7.14. The van der Waals surface area contributed by atoms with Gasteiger partial charge in [-0.15, -0.1) is 0 Å². The molecule has 0 atom stereocenters. The number of unbranched alkanes of at least 4 members (excludes halogenated alkanes) is 2. The zero-order chi connectivity index (χ0) is 19.7. The third-order valence-corrected chi connectivity index (χ3v) is 5.03. The highest BCUT2D eigenvalue weighted by Crippen LogP contribution is 2.40. The summed E-state index contributed by atoms with van der Waals surface area (Å²) in [5.74, 6) is 0.258. The van der Waals surface area contributed by atoms with Crippen LogP contribution in [0.5, 0.6) is 0 Å². The van der Waals surface area contributed by atoms with Gasteiger partial charge in [0.25, 0.3) is 0 Å². The summed E-state index contributed by atoms with van der Waals surface area (Å²) in [7, 11) is 0. The van der Waals surface area contributed by atoms with Crippen LogP contribution < -0.4 is 0 Å². The van der Waals surface area contributed by atoms with E-state index in [2.05, 4.69) is 72.8 Å². The van der Waals surface area contributed by atoms with E-state index in [0.717, 1.165) is 36.0 Å². The van der Waals surface area contributed by atoms with Crippen molar-refractivity contribution in [3.8, 4) is 0 Å². The molecule has 0 heterocycles. The summed E-state index contributed by atoms with van der Waals surface area (Å²) in [5.41, 5.74) is 2.72. The maximum absolute atomic E-state index is 11.2. The van der Waals surface area contributed by atoms with Crippen molar-refractivity contribution < 1.29 is 9.53 Å². The lowest BCUT2D eigenvalue weighted by Gasteiger charge is -2.36. The van der Waals surface area contributed by atoms with Crippen molar-refractivity contribution in [3.05, 3.63) is 108 Å². The Morgan fingerprint density at radius 2 is 1.11 bits per heavy atom. The van der Waals surface area contributed by atoms with Crippen molar-refractivity contribution in [3.63, 3.8) is 0 Å². The molecule has 28 heavy (non-hydrogen) atoms. The van der Waals surface area contributed by atoms with Gasteiger partial charge in [0.2, 0.25) is 0 Å². The fourth-order valence-electron chi connectivity index (χ4n) is 3.65. The zero-order valence-corrected chi connectivity index (χ0v) is 16.5. The van der Waals surface area contributed by atoms with E-state index in [1.807, 2.05) is 18.2 Å². The van der Waals surface area contributed by atoms with E-state index in [4.69, 9.17) is 4.74 Å². The number of rotatable bonds is 10. The summed E-state index contributed by atoms with van der Waals surface area (Å²) in [6, 6.07) is 31.3. The lowest BCUT2D eigenvalue weighted by Crippen LogP contribution is -2.33. The first-order valence-corrected chi connectivity index (χ1v) is 10.0. The van der Waals surface area contributed by atoms with Crippen LogP contribution in [0.2, 0.25) is 0 Å². The third-order valence-electron chi connectivity index (χ3n) is 5.03. The van der Waals surface area contributed by atoms with Crippen LogP contribution in [-0.2, 0) is 15.1 Å². The summed E-state index contributed by atoms with van der Waals surface area (Å²) in [6.07, 6.45) is 3.50. The molecule has 3 aromatic carbocycles. The highest BCUT2D eigenvalue weighted by Gasteiger charge is 2.37. The fourth-order valence-corrected chi connectivity index (χ4v) is 3.65. The minimum absolute atomic E-state index is 0.258. The van der Waals surface area contributed by atoms with Crippen LogP contribution >= 0.6 is 0 Å². The molecule has 0 aliphatic carbocycles. The molecule has 0 spiro atoms. The Balaban J connectivity index is 1.94. The molecule has 0 radical (unpaired) electrons. The Morgan fingerprint density at radius 1 is 0.679 bits per heavy atom. The van der Waals surface area contributed by atoms with Crippen molar-refractivity contribution >= 4 is 5.78 Å². The van der Waals surface area contributed by atoms with Gasteiger partial charge in [0.05, 0.1) is 0 Å². The molecule has 0 aliphatic rings. The molecule has 0 fully saturated rings. The SMILES string of the molecule is CC(=O)CCCCCOC(c1ccccc1)(c1ccccc1)c1ccccc1. The Morgan fingerprint density at radius 3 is 1.50 bits per heavy atom. The molecule has 2 nitrogen and oxygen atoms in total. The summed E-state index contributed by atoms with van der Waals surface area (Å²) in [4.78, 5) is 11.2. The van der Waals surface area contributed by atoms with Crippen molar-refractivity contribution in [2.24, 2.45) is 0 Å². The maximum Gasteiger partial charge on any atom is 0.143 e. The molecule has 0 aromatic heterocycles. The van der Waals surface area contributed by atoms with Gasteiger partial charge in [-0.3, -0.25) is 0 Å². The summed E-state index contributed by atoms with van der Waals surface area (Å²) in [6.45, 7) is 2.29. The van der Waals surface area contributed by atoms with Crippen LogP contribution in [0.15, 0.2) is 91.0 Å². The van der Waals surface area contributed by atoms with Gasteiger partial charge < -0.3 is 9.53 Å². The molecule has 0 amide bonds. The van der Waals surface area contributed by atoms with E-state index in [1.54, 1.807) is 6.92 Å². The van der Waals surface area contributed by atoms with E-state index < -0.39 is 5.60 Å². The van der Waals surface area contributed by atoms with Crippen LogP contribution in [0.4, 0.5) is 0 Å². The highest BCUT2D eigenvalue weighted by atomic mass is 16.5. The third kappa shape index (κ3) is 4.76. The molecular formula is C26H28O2. The van der Waals surface area contributed by atoms with Gasteiger partial charge in [-0.25, -0.2) is 0 Å². The number of hydrogen-bond donors (Lipinski definition) is 0. The van der Waals surface area contributed by atoms with Crippen molar-refractivity contribution in [2.45, 2.75) is 38.2 Å². The minimum Gasteiger partial charge on any atom is -0.361 e. The first-order valence-electron chi connectivity index (χ1n) is 10.0. The predicted octanol–water partition coefficient (Wildman–Crippen LogP) is 6.14. The van der Waals surface area contributed by atoms with Crippen molar-refractivity contribution in [1.29, 1.82) is 0 Å². The normalized spacial score (nSPS) is 11.3.